The fourth-order valence-electron chi connectivity index (χ4n) is 7.79. The second-order valence-corrected chi connectivity index (χ2v) is 13.8. The van der Waals surface area contributed by atoms with Crippen molar-refractivity contribution in [1.29, 1.82) is 0 Å². The van der Waals surface area contributed by atoms with Crippen LogP contribution in [0.25, 0.3) is 28.0 Å². The number of likely N-dealkylation sites (N-methyl/N-ethyl adjacent to an activating group) is 1. The van der Waals surface area contributed by atoms with Gasteiger partial charge in [0.15, 0.2) is 0 Å². The van der Waals surface area contributed by atoms with Gasteiger partial charge in [-0.05, 0) is 69.4 Å². The Morgan fingerprint density at radius 3 is 2.73 bits per heavy atom. The molecule has 3 aliphatic rings. The van der Waals surface area contributed by atoms with Crippen LogP contribution < -0.4 is 10.1 Å². The molecule has 52 heavy (non-hydrogen) atoms. The molecule has 0 aliphatic carbocycles. The number of aromatic nitrogens is 5. The summed E-state index contributed by atoms with van der Waals surface area (Å²) in [6.45, 7) is 3.13. The van der Waals surface area contributed by atoms with Gasteiger partial charge in [-0.25, -0.2) is 23.4 Å². The number of methoxy groups -OCH3 is 1. The number of rotatable bonds is 2. The molecule has 4 bridgehead atoms. The van der Waals surface area contributed by atoms with E-state index in [1.807, 2.05) is 29.7 Å². The molecule has 1 saturated heterocycles. The van der Waals surface area contributed by atoms with Gasteiger partial charge in [-0.15, -0.1) is 0 Å². The number of carbonyl (C=O) groups excluding carboxylic acids is 2. The average Bonchev–Trinajstić information content (AvgIpc) is 3.83. The first-order valence-corrected chi connectivity index (χ1v) is 17.7. The highest BCUT2D eigenvalue weighted by molar-refractivity contribution is 5.99. The average molecular weight is 711 g/mol. The zero-order chi connectivity index (χ0) is 36.1. The van der Waals surface area contributed by atoms with E-state index in [1.54, 1.807) is 34.7 Å². The zero-order valence-corrected chi connectivity index (χ0v) is 29.3. The Bertz CT molecular complexity index is 2180. The van der Waals surface area contributed by atoms with Gasteiger partial charge in [0.2, 0.25) is 5.91 Å². The summed E-state index contributed by atoms with van der Waals surface area (Å²) >= 11 is 0. The Labute approximate surface area is 299 Å². The van der Waals surface area contributed by atoms with Crippen molar-refractivity contribution in [3.8, 4) is 22.7 Å². The largest absolute Gasteiger partial charge is 0.491 e. The molecular formula is C38H40F2N8O4. The number of halogens is 2. The first-order chi connectivity index (χ1) is 25.2. The van der Waals surface area contributed by atoms with Crippen molar-refractivity contribution >= 4 is 28.7 Å². The summed E-state index contributed by atoms with van der Waals surface area (Å²) in [5.41, 5.74) is 4.01. The molecule has 0 radical (unpaired) electrons. The van der Waals surface area contributed by atoms with Crippen molar-refractivity contribution in [2.24, 2.45) is 0 Å². The standard InChI is InChI=1S/C38H40F2N8O4/c1-22-42-30-15-24(40)14-27-29-8-7-10-35(44-29)43-25-17-33(38(50)45(2)20-26(51-3)21-46(22)36(27)30)47(19-25)37(49)28-18-41-48-31(28)9-5-4-6-13-52-34-16-23(39)11-12-32(34)48/h7-8,10-12,14-16,18,25-26,33H,4-6,9,13,17,19-21H2,1-3H3,(H,43,44)/t25-,26-,33-/m0/s1. The minimum absolute atomic E-state index is 0.219. The Morgan fingerprint density at radius 2 is 1.88 bits per heavy atom. The van der Waals surface area contributed by atoms with E-state index < -0.39 is 23.8 Å². The lowest BCUT2D eigenvalue weighted by Crippen LogP contribution is -2.49. The zero-order valence-electron chi connectivity index (χ0n) is 29.3. The van der Waals surface area contributed by atoms with Gasteiger partial charge >= 0.3 is 0 Å². The fourth-order valence-corrected chi connectivity index (χ4v) is 7.79. The molecule has 2 amide bonds. The second kappa shape index (κ2) is 13.6. The molecule has 14 heteroatoms. The van der Waals surface area contributed by atoms with E-state index >= 15 is 0 Å². The second-order valence-electron chi connectivity index (χ2n) is 13.8. The third-order valence-corrected chi connectivity index (χ3v) is 10.4. The van der Waals surface area contributed by atoms with Gasteiger partial charge in [-0.3, -0.25) is 9.59 Å². The van der Waals surface area contributed by atoms with Crippen molar-refractivity contribution in [3.63, 3.8) is 0 Å². The molecule has 1 fully saturated rings. The molecule has 0 unspecified atom stereocenters. The van der Waals surface area contributed by atoms with Crippen LogP contribution in [0, 0.1) is 18.6 Å². The monoisotopic (exact) mass is 710 g/mol. The van der Waals surface area contributed by atoms with Crippen molar-refractivity contribution in [1.82, 2.24) is 34.1 Å². The molecule has 12 nitrogen and oxygen atoms in total. The minimum Gasteiger partial charge on any atom is -0.491 e. The Morgan fingerprint density at radius 1 is 1.02 bits per heavy atom. The van der Waals surface area contributed by atoms with E-state index in [2.05, 4.69) is 15.4 Å². The topological polar surface area (TPSA) is 120 Å². The van der Waals surface area contributed by atoms with E-state index in [4.69, 9.17) is 14.5 Å². The molecular weight excluding hydrogens is 670 g/mol. The lowest BCUT2D eigenvalue weighted by Gasteiger charge is -2.30. The maximum Gasteiger partial charge on any atom is 0.258 e. The third-order valence-electron chi connectivity index (χ3n) is 10.4. The van der Waals surface area contributed by atoms with Crippen LogP contribution >= 0.6 is 0 Å². The summed E-state index contributed by atoms with van der Waals surface area (Å²) < 4.78 is 44.7. The number of likely N-dealkylation sites (tertiary alicyclic amines) is 1. The molecule has 6 heterocycles. The van der Waals surface area contributed by atoms with Gasteiger partial charge in [0.25, 0.3) is 5.91 Å². The van der Waals surface area contributed by atoms with E-state index in [0.29, 0.717) is 77.1 Å². The molecule has 5 aromatic rings. The molecule has 3 aliphatic heterocycles. The van der Waals surface area contributed by atoms with E-state index in [9.17, 15) is 18.4 Å². The van der Waals surface area contributed by atoms with E-state index in [0.717, 1.165) is 24.8 Å². The van der Waals surface area contributed by atoms with Crippen LogP contribution in [0.15, 0.2) is 54.7 Å². The number of aryl methyl sites for hydroxylation is 1. The smallest absolute Gasteiger partial charge is 0.258 e. The number of anilines is 1. The summed E-state index contributed by atoms with van der Waals surface area (Å²) in [6.07, 6.45) is 4.46. The van der Waals surface area contributed by atoms with Crippen molar-refractivity contribution in [2.75, 3.05) is 39.2 Å². The van der Waals surface area contributed by atoms with E-state index in [-0.39, 0.29) is 30.9 Å². The van der Waals surface area contributed by atoms with Crippen LogP contribution in [0.5, 0.6) is 5.75 Å². The molecule has 3 aromatic heterocycles. The predicted molar refractivity (Wildman–Crippen MR) is 190 cm³/mol. The Balaban J connectivity index is 1.18. The lowest BCUT2D eigenvalue weighted by atomic mass is 10.1. The maximum atomic E-state index is 15.0. The number of ether oxygens (including phenoxy) is 2. The van der Waals surface area contributed by atoms with Crippen molar-refractivity contribution < 1.29 is 27.8 Å². The summed E-state index contributed by atoms with van der Waals surface area (Å²) in [5.74, 6) is 0.192. The number of pyridine rings is 1. The molecule has 270 valence electrons. The number of amides is 2. The van der Waals surface area contributed by atoms with Gasteiger partial charge < -0.3 is 29.2 Å². The molecule has 1 N–H and O–H groups in total. The normalized spacial score (nSPS) is 20.7. The first-order valence-electron chi connectivity index (χ1n) is 17.7. The van der Waals surface area contributed by atoms with Crippen LogP contribution in [0.2, 0.25) is 0 Å². The molecule has 3 atom stereocenters. The Kier molecular flexibility index (Phi) is 8.85. The van der Waals surface area contributed by atoms with Gasteiger partial charge in [0.1, 0.15) is 40.8 Å². The van der Waals surface area contributed by atoms with Crippen LogP contribution in [0.4, 0.5) is 14.6 Å². The lowest BCUT2D eigenvalue weighted by molar-refractivity contribution is -0.135. The highest BCUT2D eigenvalue weighted by Gasteiger charge is 2.43. The summed E-state index contributed by atoms with van der Waals surface area (Å²) in [6, 6.07) is 11.6. The summed E-state index contributed by atoms with van der Waals surface area (Å²) in [4.78, 5) is 41.8. The Hall–Kier alpha value is -5.37. The quantitative estimate of drug-likeness (QED) is 0.267. The van der Waals surface area contributed by atoms with Gasteiger partial charge in [-0.1, -0.05) is 6.07 Å². The minimum atomic E-state index is -0.784. The molecule has 8 rings (SSSR count). The third kappa shape index (κ3) is 6.14. The highest BCUT2D eigenvalue weighted by atomic mass is 19.1. The molecule has 2 aromatic carbocycles. The van der Waals surface area contributed by atoms with Crippen molar-refractivity contribution in [3.05, 3.63) is 83.4 Å². The number of benzene rings is 2. The first kappa shape index (κ1) is 33.8. The van der Waals surface area contributed by atoms with Crippen LogP contribution in [0.1, 0.15) is 47.6 Å². The number of carbonyl (C=O) groups is 2. The van der Waals surface area contributed by atoms with Crippen LogP contribution in [-0.4, -0.2) is 98.0 Å². The van der Waals surface area contributed by atoms with Crippen LogP contribution in [-0.2, 0) is 22.5 Å². The number of hydrogen-bond acceptors (Lipinski definition) is 8. The molecule has 0 spiro atoms. The summed E-state index contributed by atoms with van der Waals surface area (Å²) in [7, 11) is 3.32. The number of nitrogens with zero attached hydrogens (tertiary/aromatic N) is 7. The van der Waals surface area contributed by atoms with Crippen LogP contribution in [0.3, 0.4) is 0 Å². The van der Waals surface area contributed by atoms with E-state index in [1.165, 1.54) is 30.5 Å². The fraction of sp³-hybridized carbons (Fsp3) is 0.395. The molecule has 0 saturated carbocycles. The van der Waals surface area contributed by atoms with Gasteiger partial charge in [0, 0.05) is 51.0 Å². The summed E-state index contributed by atoms with van der Waals surface area (Å²) in [5, 5.41) is 8.08. The SMILES string of the molecule is CO[C@H]1CN(C)C(=O)[C@@H]2C[C@@H](CN2C(=O)c2cnn3c2CCCCCOc2cc(F)ccc2-3)Nc2cccc(n2)-c2cc(F)cc3nc(C)n(c23)C1. The number of fused-ring (bicyclic) bond motifs is 8. The van der Waals surface area contributed by atoms with Crippen molar-refractivity contribution in [2.45, 2.75) is 63.8 Å². The predicted octanol–water partition coefficient (Wildman–Crippen LogP) is 5.16. The highest BCUT2D eigenvalue weighted by Crippen LogP contribution is 2.34. The maximum absolute atomic E-state index is 15.0. The van der Waals surface area contributed by atoms with Gasteiger partial charge in [0.05, 0.1) is 53.4 Å². The van der Waals surface area contributed by atoms with Gasteiger partial charge in [-0.2, -0.15) is 5.10 Å². The number of hydrogen-bond donors (Lipinski definition) is 1. The number of nitrogens with one attached hydrogen (secondary N) is 1. The number of imidazole rings is 1.